The Hall–Kier alpha value is -3.80. The van der Waals surface area contributed by atoms with E-state index in [1.807, 2.05) is 6.07 Å². The van der Waals surface area contributed by atoms with Gasteiger partial charge in [0, 0.05) is 48.6 Å². The van der Waals surface area contributed by atoms with E-state index < -0.39 is 11.9 Å². The van der Waals surface area contributed by atoms with Crippen molar-refractivity contribution < 1.29 is 14.0 Å². The number of aromatic nitrogens is 4. The van der Waals surface area contributed by atoms with Crippen molar-refractivity contribution in [2.24, 2.45) is 5.73 Å². The molecule has 0 aromatic carbocycles. The molecule has 6 N–H and O–H groups in total. The van der Waals surface area contributed by atoms with Crippen molar-refractivity contribution in [3.63, 3.8) is 0 Å². The highest BCUT2D eigenvalue weighted by Gasteiger charge is 2.26. The van der Waals surface area contributed by atoms with Crippen LogP contribution in [0.25, 0.3) is 5.65 Å². The van der Waals surface area contributed by atoms with Crippen LogP contribution in [0.1, 0.15) is 61.9 Å². The molecule has 2 fully saturated rings. The summed E-state index contributed by atoms with van der Waals surface area (Å²) < 4.78 is 15.0. The van der Waals surface area contributed by atoms with Crippen molar-refractivity contribution in [1.29, 1.82) is 0 Å². The van der Waals surface area contributed by atoms with Gasteiger partial charge in [-0.1, -0.05) is 0 Å². The van der Waals surface area contributed by atoms with E-state index in [-0.39, 0.29) is 23.7 Å². The molecule has 37 heavy (non-hydrogen) atoms. The van der Waals surface area contributed by atoms with Gasteiger partial charge in [0.05, 0.1) is 11.9 Å². The second-order valence-electron chi connectivity index (χ2n) is 9.71. The van der Waals surface area contributed by atoms with Gasteiger partial charge in [-0.3, -0.25) is 9.59 Å². The first kappa shape index (κ1) is 24.9. The number of pyridine rings is 1. The maximum Gasteiger partial charge on any atom is 0.276 e. The van der Waals surface area contributed by atoms with Crippen LogP contribution in [0.4, 0.5) is 21.6 Å². The number of nitrogens with zero attached hydrogens (tertiary/aromatic N) is 4. The Balaban J connectivity index is 1.30. The average Bonchev–Trinajstić information content (AvgIpc) is 3.59. The highest BCUT2D eigenvalue weighted by molar-refractivity contribution is 6.03. The number of fused-ring (bicyclic) bond motifs is 1. The quantitative estimate of drug-likeness (QED) is 0.262. The van der Waals surface area contributed by atoms with Crippen molar-refractivity contribution >= 4 is 34.7 Å². The molecule has 196 valence electrons. The summed E-state index contributed by atoms with van der Waals surface area (Å²) in [5.41, 5.74) is 7.37. The summed E-state index contributed by atoms with van der Waals surface area (Å²) in [4.78, 5) is 33.0. The Morgan fingerprint density at radius 3 is 2.49 bits per heavy atom. The Morgan fingerprint density at radius 2 is 1.76 bits per heavy atom. The number of halogens is 1. The second kappa shape index (κ2) is 11.1. The summed E-state index contributed by atoms with van der Waals surface area (Å²) in [5.74, 6) is -0.439. The molecule has 3 aromatic rings. The Bertz CT molecular complexity index is 1270. The minimum atomic E-state index is -0.679. The summed E-state index contributed by atoms with van der Waals surface area (Å²) in [6.07, 6.45) is 9.61. The molecule has 12 heteroatoms. The molecule has 0 spiro atoms. The molecule has 5 rings (SSSR count). The fourth-order valence-electron chi connectivity index (χ4n) is 4.58. The first-order valence-corrected chi connectivity index (χ1v) is 12.8. The molecule has 0 radical (unpaired) electrons. The normalized spacial score (nSPS) is 19.4. The molecule has 2 aliphatic rings. The van der Waals surface area contributed by atoms with E-state index in [1.54, 1.807) is 0 Å². The van der Waals surface area contributed by atoms with E-state index in [2.05, 4.69) is 36.3 Å². The molecule has 0 unspecified atom stereocenters. The monoisotopic (exact) mass is 509 g/mol. The number of rotatable bonds is 10. The van der Waals surface area contributed by atoms with Gasteiger partial charge in [0.25, 0.3) is 5.91 Å². The van der Waals surface area contributed by atoms with Gasteiger partial charge < -0.3 is 27.0 Å². The fraction of sp³-hybridized carbons (Fsp3) is 0.480. The summed E-state index contributed by atoms with van der Waals surface area (Å²) in [6.45, 7) is 0.515. The third kappa shape index (κ3) is 6.31. The van der Waals surface area contributed by atoms with E-state index >= 15 is 0 Å². The number of nitrogens with two attached hydrogens (primary N) is 1. The number of imidazole rings is 1. The van der Waals surface area contributed by atoms with Crippen LogP contribution >= 0.6 is 0 Å². The lowest BCUT2D eigenvalue weighted by molar-refractivity contribution is -0.122. The number of nitrogens with one attached hydrogen (secondary N) is 4. The lowest BCUT2D eigenvalue weighted by atomic mass is 9.91. The summed E-state index contributed by atoms with van der Waals surface area (Å²) in [6, 6.07) is 5.34. The van der Waals surface area contributed by atoms with Crippen molar-refractivity contribution in [2.75, 3.05) is 22.5 Å². The van der Waals surface area contributed by atoms with E-state index in [1.165, 1.54) is 23.0 Å². The molecule has 2 aliphatic carbocycles. The molecule has 2 amide bonds. The van der Waals surface area contributed by atoms with Gasteiger partial charge in [-0.25, -0.2) is 14.5 Å². The van der Waals surface area contributed by atoms with Gasteiger partial charge in [-0.2, -0.15) is 4.39 Å². The van der Waals surface area contributed by atoms with Gasteiger partial charge in [-0.05, 0) is 57.6 Å². The predicted octanol–water partition coefficient (Wildman–Crippen LogP) is 2.67. The van der Waals surface area contributed by atoms with E-state index in [9.17, 15) is 14.0 Å². The largest absolute Gasteiger partial charge is 0.379 e. The van der Waals surface area contributed by atoms with Gasteiger partial charge in [0.1, 0.15) is 5.82 Å². The minimum absolute atomic E-state index is 0.0604. The van der Waals surface area contributed by atoms with Crippen LogP contribution in [0, 0.1) is 5.95 Å². The number of anilines is 3. The number of hydrogen-bond acceptors (Lipinski definition) is 8. The predicted molar refractivity (Wildman–Crippen MR) is 138 cm³/mol. The summed E-state index contributed by atoms with van der Waals surface area (Å²) in [5, 5.41) is 17.5. The second-order valence-corrected chi connectivity index (χ2v) is 9.71. The minimum Gasteiger partial charge on any atom is -0.379 e. The Morgan fingerprint density at radius 1 is 1.03 bits per heavy atom. The van der Waals surface area contributed by atoms with Crippen LogP contribution in [0.3, 0.4) is 0 Å². The van der Waals surface area contributed by atoms with Crippen molar-refractivity contribution in [1.82, 2.24) is 24.9 Å². The molecule has 3 heterocycles. The van der Waals surface area contributed by atoms with Crippen molar-refractivity contribution in [3.05, 3.63) is 42.2 Å². The molecule has 3 aromatic heterocycles. The van der Waals surface area contributed by atoms with Crippen molar-refractivity contribution in [3.8, 4) is 0 Å². The van der Waals surface area contributed by atoms with Gasteiger partial charge in [-0.15, -0.1) is 5.10 Å². The van der Waals surface area contributed by atoms with Crippen LogP contribution < -0.4 is 27.0 Å². The first-order valence-electron chi connectivity index (χ1n) is 12.8. The van der Waals surface area contributed by atoms with Crippen LogP contribution in [0.15, 0.2) is 30.6 Å². The number of carbonyl (C=O) groups excluding carboxylic acids is 2. The molecule has 0 bridgehead atoms. The zero-order valence-corrected chi connectivity index (χ0v) is 20.5. The van der Waals surface area contributed by atoms with Gasteiger partial charge in [0.2, 0.25) is 11.9 Å². The highest BCUT2D eigenvalue weighted by atomic mass is 19.1. The molecule has 0 atom stereocenters. The van der Waals surface area contributed by atoms with E-state index in [0.29, 0.717) is 42.6 Å². The molecule has 0 saturated heterocycles. The maximum atomic E-state index is 13.5. The Kier molecular flexibility index (Phi) is 7.45. The Labute approximate surface area is 213 Å². The average molecular weight is 510 g/mol. The zero-order chi connectivity index (χ0) is 25.8. The van der Waals surface area contributed by atoms with Crippen LogP contribution in [0.5, 0.6) is 0 Å². The van der Waals surface area contributed by atoms with Crippen LogP contribution in [0.2, 0.25) is 0 Å². The number of amides is 2. The van der Waals surface area contributed by atoms with E-state index in [4.69, 9.17) is 5.73 Å². The third-order valence-electron chi connectivity index (χ3n) is 6.67. The number of hydrogen-bond donors (Lipinski definition) is 5. The maximum absolute atomic E-state index is 13.5. The van der Waals surface area contributed by atoms with E-state index in [0.717, 1.165) is 50.3 Å². The summed E-state index contributed by atoms with van der Waals surface area (Å²) in [7, 11) is 0. The smallest absolute Gasteiger partial charge is 0.276 e. The van der Waals surface area contributed by atoms with Crippen LogP contribution in [-0.2, 0) is 4.79 Å². The molecule has 0 aliphatic heterocycles. The first-order chi connectivity index (χ1) is 18.0. The molecular weight excluding hydrogens is 477 g/mol. The molecule has 11 nitrogen and oxygen atoms in total. The van der Waals surface area contributed by atoms with Gasteiger partial charge >= 0.3 is 0 Å². The molecular formula is C25H32FN9O2. The topological polar surface area (TPSA) is 151 Å². The number of carbonyl (C=O) groups is 2. The third-order valence-corrected chi connectivity index (χ3v) is 6.67. The van der Waals surface area contributed by atoms with Gasteiger partial charge in [0.15, 0.2) is 11.3 Å². The lowest BCUT2D eigenvalue weighted by Crippen LogP contribution is -2.40. The summed E-state index contributed by atoms with van der Waals surface area (Å²) >= 11 is 0. The fourth-order valence-corrected chi connectivity index (χ4v) is 4.58. The highest BCUT2D eigenvalue weighted by Crippen LogP contribution is 2.30. The SMILES string of the molecule is NCCCC(=O)NC1CCC(Nc2cc(NC3CC3)c3ncc(C(=O)Nc4ccnc(F)c4)n3n2)CC1. The molecule has 2 saturated carbocycles. The van der Waals surface area contributed by atoms with Crippen molar-refractivity contribution in [2.45, 2.75) is 69.5 Å². The lowest BCUT2D eigenvalue weighted by Gasteiger charge is -2.30. The van der Waals surface area contributed by atoms with Crippen LogP contribution in [-0.4, -0.2) is 56.1 Å². The zero-order valence-electron chi connectivity index (χ0n) is 20.5. The standard InChI is InChI=1S/C25H32FN9O2/c26-21-12-18(9-11-28-21)33-25(37)20-14-29-24-19(30-15-3-4-15)13-22(34-35(20)24)31-16-5-7-17(8-6-16)32-23(36)2-1-10-27/h9,11-17,30H,1-8,10,27H2,(H,31,34)(H,32,36)(H,28,33,37).